The molecule has 0 spiro atoms. The molecule has 0 bridgehead atoms. The third kappa shape index (κ3) is 4.24. The summed E-state index contributed by atoms with van der Waals surface area (Å²) in [5, 5.41) is 0. The fraction of sp³-hybridized carbons (Fsp3) is 0.579. The van der Waals surface area contributed by atoms with E-state index in [0.717, 1.165) is 36.4 Å². The number of ether oxygens (including phenoxy) is 2. The Balaban J connectivity index is 1.64. The Labute approximate surface area is 148 Å². The summed E-state index contributed by atoms with van der Waals surface area (Å²) in [6.45, 7) is 4.32. The van der Waals surface area contributed by atoms with E-state index >= 15 is 0 Å². The van der Waals surface area contributed by atoms with E-state index in [1.165, 1.54) is 0 Å². The smallest absolute Gasteiger partial charge is 0.224 e. The van der Waals surface area contributed by atoms with Crippen molar-refractivity contribution < 1.29 is 19.1 Å². The monoisotopic (exact) mass is 346 g/mol. The normalized spacial score (nSPS) is 20.6. The summed E-state index contributed by atoms with van der Waals surface area (Å²) in [6.07, 6.45) is 2.88. The highest BCUT2D eigenvalue weighted by Crippen LogP contribution is 2.29. The van der Waals surface area contributed by atoms with Crippen LogP contribution in [0.1, 0.15) is 38.2 Å². The first-order chi connectivity index (χ1) is 12.1. The summed E-state index contributed by atoms with van der Waals surface area (Å²) in [5.74, 6) is 1.75. The van der Waals surface area contributed by atoms with Crippen LogP contribution in [-0.2, 0) is 16.1 Å². The molecule has 2 aliphatic rings. The van der Waals surface area contributed by atoms with Gasteiger partial charge in [-0.3, -0.25) is 9.59 Å². The summed E-state index contributed by atoms with van der Waals surface area (Å²) >= 11 is 0. The van der Waals surface area contributed by atoms with Gasteiger partial charge in [0.1, 0.15) is 17.6 Å². The van der Waals surface area contributed by atoms with E-state index in [-0.39, 0.29) is 17.9 Å². The minimum atomic E-state index is -0.0890. The molecule has 1 atom stereocenters. The first-order valence-electron chi connectivity index (χ1n) is 8.96. The van der Waals surface area contributed by atoms with Crippen molar-refractivity contribution in [2.75, 3.05) is 26.7 Å². The van der Waals surface area contributed by atoms with Crippen molar-refractivity contribution in [2.45, 2.75) is 45.3 Å². The second-order valence-corrected chi connectivity index (χ2v) is 6.76. The van der Waals surface area contributed by atoms with Crippen LogP contribution in [0, 0.1) is 0 Å². The van der Waals surface area contributed by atoms with Gasteiger partial charge in [0.25, 0.3) is 0 Å². The molecule has 1 saturated heterocycles. The third-order valence-corrected chi connectivity index (χ3v) is 4.81. The molecule has 0 N–H and O–H groups in total. The van der Waals surface area contributed by atoms with Gasteiger partial charge in [-0.15, -0.1) is 0 Å². The summed E-state index contributed by atoms with van der Waals surface area (Å²) in [4.78, 5) is 28.2. The number of nitrogens with zero attached hydrogens (tertiary/aromatic N) is 2. The lowest BCUT2D eigenvalue weighted by atomic mass is 10.1. The number of carbonyl (C=O) groups excluding carboxylic acids is 2. The van der Waals surface area contributed by atoms with Gasteiger partial charge in [-0.25, -0.2) is 0 Å². The molecular weight excluding hydrogens is 320 g/mol. The molecule has 0 unspecified atom stereocenters. The molecule has 0 radical (unpaired) electrons. The predicted octanol–water partition coefficient (Wildman–Crippen LogP) is 2.21. The van der Waals surface area contributed by atoms with E-state index in [1.54, 1.807) is 7.11 Å². The van der Waals surface area contributed by atoms with Gasteiger partial charge in [0.2, 0.25) is 11.8 Å². The molecule has 2 amide bonds. The van der Waals surface area contributed by atoms with Crippen LogP contribution in [0.3, 0.4) is 0 Å². The molecule has 3 rings (SSSR count). The van der Waals surface area contributed by atoms with Crippen LogP contribution in [0.15, 0.2) is 18.2 Å². The van der Waals surface area contributed by atoms with Gasteiger partial charge >= 0.3 is 0 Å². The zero-order valence-corrected chi connectivity index (χ0v) is 15.0. The van der Waals surface area contributed by atoms with Gasteiger partial charge in [-0.05, 0) is 31.9 Å². The maximum Gasteiger partial charge on any atom is 0.224 e. The van der Waals surface area contributed by atoms with Crippen LogP contribution in [0.25, 0.3) is 0 Å². The van der Waals surface area contributed by atoms with Gasteiger partial charge in [0, 0.05) is 44.1 Å². The van der Waals surface area contributed by atoms with Crippen molar-refractivity contribution in [2.24, 2.45) is 0 Å². The molecule has 0 aromatic heterocycles. The van der Waals surface area contributed by atoms with E-state index in [2.05, 4.69) is 0 Å². The maximum absolute atomic E-state index is 12.7. The van der Waals surface area contributed by atoms with Gasteiger partial charge in [0.05, 0.1) is 13.7 Å². The Hall–Kier alpha value is -2.24. The zero-order chi connectivity index (χ0) is 17.8. The Morgan fingerprint density at radius 3 is 2.96 bits per heavy atom. The van der Waals surface area contributed by atoms with Crippen molar-refractivity contribution in [3.8, 4) is 11.5 Å². The van der Waals surface area contributed by atoms with E-state index in [9.17, 15) is 9.59 Å². The molecule has 0 saturated carbocycles. The number of carbonyl (C=O) groups is 2. The summed E-state index contributed by atoms with van der Waals surface area (Å²) in [6, 6.07) is 5.69. The molecule has 1 fully saturated rings. The number of piperidine rings is 1. The van der Waals surface area contributed by atoms with Gasteiger partial charge in [-0.1, -0.05) is 0 Å². The van der Waals surface area contributed by atoms with E-state index < -0.39 is 0 Å². The van der Waals surface area contributed by atoms with Crippen LogP contribution in [0.5, 0.6) is 11.5 Å². The van der Waals surface area contributed by atoms with Gasteiger partial charge in [-0.2, -0.15) is 0 Å². The minimum absolute atomic E-state index is 0.0671. The highest BCUT2D eigenvalue weighted by molar-refractivity contribution is 5.79. The molecule has 2 heterocycles. The number of hydrogen-bond acceptors (Lipinski definition) is 4. The molecule has 6 nitrogen and oxygen atoms in total. The molecule has 2 aliphatic heterocycles. The second-order valence-electron chi connectivity index (χ2n) is 6.76. The average Bonchev–Trinajstić information content (AvgIpc) is 2.78. The molecule has 1 aromatic rings. The Morgan fingerprint density at radius 1 is 1.36 bits per heavy atom. The molecule has 6 heteroatoms. The summed E-state index contributed by atoms with van der Waals surface area (Å²) in [5.41, 5.74) is 0.979. The summed E-state index contributed by atoms with van der Waals surface area (Å²) < 4.78 is 11.2. The van der Waals surface area contributed by atoms with E-state index in [1.807, 2.05) is 34.9 Å². The Morgan fingerprint density at radius 2 is 2.20 bits per heavy atom. The van der Waals surface area contributed by atoms with Gasteiger partial charge < -0.3 is 19.3 Å². The fourth-order valence-corrected chi connectivity index (χ4v) is 3.41. The molecule has 1 aromatic carbocycles. The van der Waals surface area contributed by atoms with Crippen molar-refractivity contribution in [3.05, 3.63) is 23.8 Å². The second kappa shape index (κ2) is 7.76. The van der Waals surface area contributed by atoms with Crippen molar-refractivity contribution >= 4 is 11.8 Å². The number of rotatable bonds is 4. The Kier molecular flexibility index (Phi) is 5.46. The van der Waals surface area contributed by atoms with Crippen LogP contribution in [0.2, 0.25) is 0 Å². The average molecular weight is 346 g/mol. The Bertz CT molecular complexity index is 646. The quantitative estimate of drug-likeness (QED) is 0.839. The van der Waals surface area contributed by atoms with Gasteiger partial charge in [0.15, 0.2) is 0 Å². The third-order valence-electron chi connectivity index (χ3n) is 4.81. The number of benzene rings is 1. The number of amides is 2. The fourth-order valence-electron chi connectivity index (χ4n) is 3.41. The van der Waals surface area contributed by atoms with Crippen LogP contribution >= 0.6 is 0 Å². The van der Waals surface area contributed by atoms with E-state index in [0.29, 0.717) is 32.5 Å². The number of methoxy groups -OCH3 is 1. The standard InChI is InChI=1S/C19H26N2O4/c1-14-12-21(13-15-6-7-16(24-2)11-17(15)25-14)19(23)8-10-20-9-4-3-5-18(20)22/h6-7,11,14H,3-5,8-10,12-13H2,1-2H3/t14-/m1/s1. The molecule has 136 valence electrons. The lowest BCUT2D eigenvalue weighted by Crippen LogP contribution is -2.40. The van der Waals surface area contributed by atoms with Crippen LogP contribution < -0.4 is 9.47 Å². The molecule has 0 aliphatic carbocycles. The number of likely N-dealkylation sites (tertiary alicyclic amines) is 1. The maximum atomic E-state index is 12.7. The highest BCUT2D eigenvalue weighted by atomic mass is 16.5. The van der Waals surface area contributed by atoms with E-state index in [4.69, 9.17) is 9.47 Å². The topological polar surface area (TPSA) is 59.1 Å². The van der Waals surface area contributed by atoms with Crippen molar-refractivity contribution in [1.82, 2.24) is 9.80 Å². The zero-order valence-electron chi connectivity index (χ0n) is 15.0. The number of fused-ring (bicyclic) bond motifs is 1. The lowest BCUT2D eigenvalue weighted by Gasteiger charge is -2.28. The number of hydrogen-bond donors (Lipinski definition) is 0. The van der Waals surface area contributed by atoms with Crippen molar-refractivity contribution in [3.63, 3.8) is 0 Å². The van der Waals surface area contributed by atoms with Crippen molar-refractivity contribution in [1.29, 1.82) is 0 Å². The predicted molar refractivity (Wildman–Crippen MR) is 93.5 cm³/mol. The molecule has 25 heavy (non-hydrogen) atoms. The first-order valence-corrected chi connectivity index (χ1v) is 8.96. The SMILES string of the molecule is COc1ccc2c(c1)O[C@H](C)CN(C(=O)CCN1CCCCC1=O)C2. The first kappa shape index (κ1) is 17.6. The minimum Gasteiger partial charge on any atom is -0.497 e. The largest absolute Gasteiger partial charge is 0.497 e. The van der Waals surface area contributed by atoms with Crippen LogP contribution in [-0.4, -0.2) is 54.5 Å². The van der Waals surface area contributed by atoms with Crippen LogP contribution in [0.4, 0.5) is 0 Å². The molecular formula is C19H26N2O4. The lowest BCUT2D eigenvalue weighted by molar-refractivity contribution is -0.136. The summed E-state index contributed by atoms with van der Waals surface area (Å²) in [7, 11) is 1.62. The highest BCUT2D eigenvalue weighted by Gasteiger charge is 2.25.